The number of guanidine groups is 1. The Bertz CT molecular complexity index is 699. The number of likely N-dealkylation sites (tertiary alicyclic amines) is 1. The average molecular weight is 559 g/mol. The van der Waals surface area contributed by atoms with Gasteiger partial charge in [-0.3, -0.25) is 0 Å². The van der Waals surface area contributed by atoms with Crippen LogP contribution in [0.3, 0.4) is 0 Å². The predicted octanol–water partition coefficient (Wildman–Crippen LogP) is 4.81. The Morgan fingerprint density at radius 1 is 1.16 bits per heavy atom. The Hall–Kier alpha value is -1.22. The molecule has 0 bridgehead atoms. The summed E-state index contributed by atoms with van der Waals surface area (Å²) in [5.74, 6) is 3.28. The molecule has 32 heavy (non-hydrogen) atoms. The highest BCUT2D eigenvalue weighted by Crippen LogP contribution is 2.35. The number of piperidine rings is 1. The smallest absolute Gasteiger partial charge is 0.191 e. The largest absolute Gasteiger partial charge is 0.493 e. The molecule has 182 valence electrons. The van der Waals surface area contributed by atoms with E-state index >= 15 is 0 Å². The van der Waals surface area contributed by atoms with E-state index in [-0.39, 0.29) is 24.0 Å². The summed E-state index contributed by atoms with van der Waals surface area (Å²) in [4.78, 5) is 7.48. The van der Waals surface area contributed by atoms with Gasteiger partial charge in [0.15, 0.2) is 17.5 Å². The number of aliphatic imine (C=N–C) groups is 1. The molecule has 2 aliphatic rings. The number of rotatable bonds is 9. The second-order valence-electron chi connectivity index (χ2n) is 9.28. The first-order chi connectivity index (χ1) is 15.1. The molecule has 1 saturated carbocycles. The van der Waals surface area contributed by atoms with Gasteiger partial charge >= 0.3 is 0 Å². The van der Waals surface area contributed by atoms with Crippen molar-refractivity contribution in [1.29, 1.82) is 0 Å². The van der Waals surface area contributed by atoms with Gasteiger partial charge in [-0.05, 0) is 57.4 Å². The van der Waals surface area contributed by atoms with Crippen molar-refractivity contribution in [3.8, 4) is 11.5 Å². The van der Waals surface area contributed by atoms with E-state index in [1.165, 1.54) is 19.4 Å². The molecule has 1 aromatic carbocycles. The first-order valence-corrected chi connectivity index (χ1v) is 12.2. The van der Waals surface area contributed by atoms with E-state index in [0.29, 0.717) is 18.7 Å². The fourth-order valence-corrected chi connectivity index (χ4v) is 4.61. The molecule has 3 rings (SSSR count). The van der Waals surface area contributed by atoms with Crippen molar-refractivity contribution in [3.05, 3.63) is 23.8 Å². The maximum Gasteiger partial charge on any atom is 0.191 e. The molecule has 1 aliphatic heterocycles. The number of halogens is 1. The lowest BCUT2D eigenvalue weighted by Gasteiger charge is -2.34. The molecule has 2 fully saturated rings. The molecule has 1 heterocycles. The Balaban J connectivity index is 0.00000363. The van der Waals surface area contributed by atoms with E-state index in [0.717, 1.165) is 74.3 Å². The fraction of sp³-hybridized carbons (Fsp3) is 0.720. The molecule has 1 aliphatic carbocycles. The first kappa shape index (κ1) is 27.0. The van der Waals surface area contributed by atoms with Crippen LogP contribution in [0.25, 0.3) is 0 Å². The molecular formula is C25H43IN4O2. The highest BCUT2D eigenvalue weighted by atomic mass is 127. The van der Waals surface area contributed by atoms with Crippen molar-refractivity contribution in [2.45, 2.75) is 78.0 Å². The number of hydrogen-bond donors (Lipinski definition) is 2. The lowest BCUT2D eigenvalue weighted by molar-refractivity contribution is 0.187. The number of benzene rings is 1. The molecule has 0 spiro atoms. The number of methoxy groups -OCH3 is 1. The molecular weight excluding hydrogens is 515 g/mol. The van der Waals surface area contributed by atoms with Crippen LogP contribution in [0.15, 0.2) is 23.2 Å². The zero-order valence-electron chi connectivity index (χ0n) is 20.4. The minimum atomic E-state index is 0. The summed E-state index contributed by atoms with van der Waals surface area (Å²) >= 11 is 0. The monoisotopic (exact) mass is 558 g/mol. The van der Waals surface area contributed by atoms with E-state index < -0.39 is 0 Å². The molecule has 0 atom stereocenters. The quantitative estimate of drug-likeness (QED) is 0.259. The molecule has 0 unspecified atom stereocenters. The van der Waals surface area contributed by atoms with Crippen LogP contribution in [0, 0.1) is 5.92 Å². The zero-order valence-corrected chi connectivity index (χ0v) is 22.7. The minimum absolute atomic E-state index is 0. The van der Waals surface area contributed by atoms with Crippen LogP contribution in [0.5, 0.6) is 11.5 Å². The van der Waals surface area contributed by atoms with E-state index in [4.69, 9.17) is 14.5 Å². The minimum Gasteiger partial charge on any atom is -0.493 e. The SMILES string of the molecule is CCNC(=NCc1cccc(OC)c1OC1CCCC1)NC1CCN(CC(C)C)CC1.I. The molecule has 6 nitrogen and oxygen atoms in total. The number of para-hydroxylation sites is 1. The van der Waals surface area contributed by atoms with E-state index in [9.17, 15) is 0 Å². The van der Waals surface area contributed by atoms with Crippen molar-refractivity contribution in [3.63, 3.8) is 0 Å². The molecule has 0 radical (unpaired) electrons. The third-order valence-corrected chi connectivity index (χ3v) is 6.17. The second kappa shape index (κ2) is 14.1. The standard InChI is InChI=1S/C25H42N4O2.HI/c1-5-26-25(28-21-13-15-29(16-14-21)18-19(2)3)27-17-20-9-8-12-23(30-4)24(20)31-22-10-6-7-11-22;/h8-9,12,19,21-22H,5-7,10-11,13-18H2,1-4H3,(H2,26,27,28);1H. The molecule has 2 N–H and O–H groups in total. The van der Waals surface area contributed by atoms with Crippen LogP contribution in [0.4, 0.5) is 0 Å². The van der Waals surface area contributed by atoms with Crippen molar-refractivity contribution in [2.24, 2.45) is 10.9 Å². The topological polar surface area (TPSA) is 58.1 Å². The fourth-order valence-electron chi connectivity index (χ4n) is 4.61. The summed E-state index contributed by atoms with van der Waals surface area (Å²) in [5, 5.41) is 7.08. The first-order valence-electron chi connectivity index (χ1n) is 12.2. The van der Waals surface area contributed by atoms with Crippen LogP contribution in [-0.2, 0) is 6.54 Å². The third-order valence-electron chi connectivity index (χ3n) is 6.17. The second-order valence-corrected chi connectivity index (χ2v) is 9.28. The lowest BCUT2D eigenvalue weighted by Crippen LogP contribution is -2.49. The van der Waals surface area contributed by atoms with Crippen molar-refractivity contribution in [1.82, 2.24) is 15.5 Å². The predicted molar refractivity (Wildman–Crippen MR) is 144 cm³/mol. The normalized spacial score (nSPS) is 18.5. The maximum absolute atomic E-state index is 6.37. The van der Waals surface area contributed by atoms with Crippen LogP contribution >= 0.6 is 24.0 Å². The van der Waals surface area contributed by atoms with E-state index in [1.807, 2.05) is 12.1 Å². The van der Waals surface area contributed by atoms with Crippen LogP contribution < -0.4 is 20.1 Å². The van der Waals surface area contributed by atoms with Gasteiger partial charge in [-0.1, -0.05) is 26.0 Å². The summed E-state index contributed by atoms with van der Waals surface area (Å²) in [6.45, 7) is 11.6. The average Bonchev–Trinajstić information content (AvgIpc) is 3.27. The summed E-state index contributed by atoms with van der Waals surface area (Å²) in [7, 11) is 1.71. The molecule has 7 heteroatoms. The highest BCUT2D eigenvalue weighted by molar-refractivity contribution is 14.0. The van der Waals surface area contributed by atoms with Gasteiger partial charge in [0.1, 0.15) is 0 Å². The Labute approximate surface area is 211 Å². The van der Waals surface area contributed by atoms with Gasteiger partial charge in [-0.2, -0.15) is 0 Å². The molecule has 1 aromatic rings. The van der Waals surface area contributed by atoms with Crippen LogP contribution in [0.2, 0.25) is 0 Å². The highest BCUT2D eigenvalue weighted by Gasteiger charge is 2.22. The van der Waals surface area contributed by atoms with Gasteiger partial charge in [0, 0.05) is 37.8 Å². The van der Waals surface area contributed by atoms with Crippen LogP contribution in [0.1, 0.15) is 64.9 Å². The summed E-state index contributed by atoms with van der Waals surface area (Å²) in [5.41, 5.74) is 1.08. The number of nitrogens with one attached hydrogen (secondary N) is 2. The van der Waals surface area contributed by atoms with Gasteiger partial charge in [-0.25, -0.2) is 4.99 Å². The van der Waals surface area contributed by atoms with Crippen molar-refractivity contribution in [2.75, 3.05) is 33.3 Å². The molecule has 0 aromatic heterocycles. The van der Waals surface area contributed by atoms with Crippen LogP contribution in [-0.4, -0.2) is 56.3 Å². The van der Waals surface area contributed by atoms with Gasteiger partial charge in [0.2, 0.25) is 0 Å². The number of nitrogens with zero attached hydrogens (tertiary/aromatic N) is 2. The van der Waals surface area contributed by atoms with Gasteiger partial charge in [-0.15, -0.1) is 24.0 Å². The summed E-state index contributed by atoms with van der Waals surface area (Å²) < 4.78 is 12.0. The summed E-state index contributed by atoms with van der Waals surface area (Å²) in [6, 6.07) is 6.58. The summed E-state index contributed by atoms with van der Waals surface area (Å²) in [6.07, 6.45) is 7.36. The number of ether oxygens (including phenoxy) is 2. The third kappa shape index (κ3) is 8.28. The van der Waals surface area contributed by atoms with Gasteiger partial charge in [0.25, 0.3) is 0 Å². The lowest BCUT2D eigenvalue weighted by atomic mass is 10.0. The van der Waals surface area contributed by atoms with Crippen molar-refractivity contribution < 1.29 is 9.47 Å². The maximum atomic E-state index is 6.37. The Kier molecular flexibility index (Phi) is 11.9. The zero-order chi connectivity index (χ0) is 22.1. The van der Waals surface area contributed by atoms with Crippen molar-refractivity contribution >= 4 is 29.9 Å². The van der Waals surface area contributed by atoms with E-state index in [2.05, 4.69) is 42.4 Å². The molecule has 0 amide bonds. The van der Waals surface area contributed by atoms with Gasteiger partial charge < -0.3 is 25.0 Å². The van der Waals surface area contributed by atoms with E-state index in [1.54, 1.807) is 7.11 Å². The Morgan fingerprint density at radius 2 is 1.88 bits per heavy atom. The number of hydrogen-bond acceptors (Lipinski definition) is 4. The van der Waals surface area contributed by atoms with Gasteiger partial charge in [0.05, 0.1) is 19.8 Å². The Morgan fingerprint density at radius 3 is 2.50 bits per heavy atom. The molecule has 1 saturated heterocycles.